The Morgan fingerprint density at radius 3 is 2.76 bits per heavy atom. The number of hydrogen-bond donors (Lipinski definition) is 2. The van der Waals surface area contributed by atoms with Gasteiger partial charge in [0.15, 0.2) is 4.21 Å². The van der Waals surface area contributed by atoms with Crippen LogP contribution in [-0.4, -0.2) is 18.6 Å². The maximum absolute atomic E-state index is 12.3. The number of aromatic amines is 1. The highest BCUT2D eigenvalue weighted by Gasteiger charge is 2.19. The molecule has 0 fully saturated rings. The van der Waals surface area contributed by atoms with Crippen molar-refractivity contribution >= 4 is 43.0 Å². The Morgan fingerprint density at radius 1 is 1.24 bits per heavy atom. The van der Waals surface area contributed by atoms with E-state index in [1.54, 1.807) is 35.8 Å². The van der Waals surface area contributed by atoms with Crippen LogP contribution in [-0.2, 0) is 10.0 Å². The minimum Gasteiger partial charge on any atom is -0.279 e. The molecule has 3 rings (SSSR count). The zero-order valence-electron chi connectivity index (χ0n) is 10.6. The van der Waals surface area contributed by atoms with Gasteiger partial charge in [-0.2, -0.15) is 5.10 Å². The first-order chi connectivity index (χ1) is 10.1. The molecule has 3 aromatic rings. The van der Waals surface area contributed by atoms with Crippen molar-refractivity contribution in [1.29, 1.82) is 0 Å². The number of nitrogens with one attached hydrogen (secondary N) is 2. The number of thiophene rings is 1. The lowest BCUT2D eigenvalue weighted by Crippen LogP contribution is -2.11. The number of sulfonamides is 1. The molecule has 1 aromatic carbocycles. The minimum absolute atomic E-state index is 0.259. The number of nitrogens with zero attached hydrogens (tertiary/aromatic N) is 1. The number of rotatable bonds is 4. The van der Waals surface area contributed by atoms with Crippen molar-refractivity contribution in [2.24, 2.45) is 0 Å². The number of aromatic nitrogens is 2. The van der Waals surface area contributed by atoms with Crippen LogP contribution in [0.3, 0.4) is 0 Å². The molecule has 0 radical (unpaired) electrons. The summed E-state index contributed by atoms with van der Waals surface area (Å²) in [5, 5.41) is 8.46. The number of benzene rings is 1. The van der Waals surface area contributed by atoms with Gasteiger partial charge in [0, 0.05) is 21.9 Å². The summed E-state index contributed by atoms with van der Waals surface area (Å²) in [7, 11) is -3.59. The van der Waals surface area contributed by atoms with Crippen LogP contribution in [0.1, 0.15) is 0 Å². The summed E-state index contributed by atoms with van der Waals surface area (Å²) in [6.45, 7) is 0. The van der Waals surface area contributed by atoms with E-state index in [0.29, 0.717) is 10.2 Å². The molecule has 0 atom stereocenters. The number of H-pyrrole nitrogens is 1. The van der Waals surface area contributed by atoms with E-state index in [0.717, 1.165) is 22.6 Å². The van der Waals surface area contributed by atoms with Crippen LogP contribution in [0, 0.1) is 0 Å². The van der Waals surface area contributed by atoms with Crippen LogP contribution in [0.4, 0.5) is 5.69 Å². The van der Waals surface area contributed by atoms with Gasteiger partial charge in [-0.1, -0.05) is 12.1 Å². The summed E-state index contributed by atoms with van der Waals surface area (Å²) >= 11 is 4.40. The van der Waals surface area contributed by atoms with Crippen molar-refractivity contribution in [3.05, 3.63) is 52.4 Å². The first-order valence-corrected chi connectivity index (χ1v) is 9.07. The normalized spacial score (nSPS) is 11.5. The van der Waals surface area contributed by atoms with Gasteiger partial charge >= 0.3 is 0 Å². The van der Waals surface area contributed by atoms with Gasteiger partial charge in [0.1, 0.15) is 0 Å². The Hall–Kier alpha value is -1.64. The third-order valence-corrected chi connectivity index (χ3v) is 6.81. The van der Waals surface area contributed by atoms with Crippen molar-refractivity contribution in [2.75, 3.05) is 4.72 Å². The molecule has 2 N–H and O–H groups in total. The summed E-state index contributed by atoms with van der Waals surface area (Å²) in [4.78, 5) is 0. The molecule has 0 spiro atoms. The topological polar surface area (TPSA) is 74.8 Å². The molecule has 0 aliphatic carbocycles. The van der Waals surface area contributed by atoms with Crippen molar-refractivity contribution in [1.82, 2.24) is 10.2 Å². The van der Waals surface area contributed by atoms with Gasteiger partial charge in [-0.25, -0.2) is 8.42 Å². The third-order valence-electron chi connectivity index (χ3n) is 2.76. The van der Waals surface area contributed by atoms with Crippen LogP contribution < -0.4 is 4.72 Å². The molecule has 0 unspecified atom stereocenters. The lowest BCUT2D eigenvalue weighted by molar-refractivity contribution is 0.603. The summed E-state index contributed by atoms with van der Waals surface area (Å²) in [5.41, 5.74) is 2.19. The molecule has 2 aromatic heterocycles. The molecule has 0 aliphatic rings. The van der Waals surface area contributed by atoms with Gasteiger partial charge in [0.05, 0.1) is 5.69 Å². The zero-order valence-corrected chi connectivity index (χ0v) is 13.8. The van der Waals surface area contributed by atoms with Crippen LogP contribution >= 0.6 is 27.3 Å². The quantitative estimate of drug-likeness (QED) is 0.720. The fourth-order valence-electron chi connectivity index (χ4n) is 1.84. The Balaban J connectivity index is 1.92. The van der Waals surface area contributed by atoms with Gasteiger partial charge in [0.25, 0.3) is 10.0 Å². The molecule has 5 nitrogen and oxygen atoms in total. The maximum Gasteiger partial charge on any atom is 0.272 e. The molecule has 2 heterocycles. The van der Waals surface area contributed by atoms with Crippen molar-refractivity contribution in [3.63, 3.8) is 0 Å². The first-order valence-electron chi connectivity index (χ1n) is 5.92. The van der Waals surface area contributed by atoms with Gasteiger partial charge in [-0.3, -0.25) is 9.82 Å². The maximum atomic E-state index is 12.3. The zero-order chi connectivity index (χ0) is 14.9. The highest BCUT2D eigenvalue weighted by Crippen LogP contribution is 2.30. The fraction of sp³-hybridized carbons (Fsp3) is 0. The van der Waals surface area contributed by atoms with Crippen LogP contribution in [0.15, 0.2) is 56.7 Å². The van der Waals surface area contributed by atoms with Crippen molar-refractivity contribution in [3.8, 4) is 11.3 Å². The molecule has 0 bridgehead atoms. The summed E-state index contributed by atoms with van der Waals surface area (Å²) < 4.78 is 28.1. The number of hydrogen-bond acceptors (Lipinski definition) is 4. The van der Waals surface area contributed by atoms with E-state index in [9.17, 15) is 8.42 Å². The minimum atomic E-state index is -3.59. The second kappa shape index (κ2) is 5.63. The Morgan fingerprint density at radius 2 is 2.10 bits per heavy atom. The SMILES string of the molecule is O=S(=O)(Nc1cccc(-c2ccn[nH]2)c1)c1sccc1Br. The monoisotopic (exact) mass is 383 g/mol. The van der Waals surface area contributed by atoms with Gasteiger partial charge in [0.2, 0.25) is 0 Å². The highest BCUT2D eigenvalue weighted by atomic mass is 79.9. The molecule has 0 saturated heterocycles. The summed E-state index contributed by atoms with van der Waals surface area (Å²) in [6.07, 6.45) is 1.65. The lowest BCUT2D eigenvalue weighted by Gasteiger charge is -2.08. The van der Waals surface area contributed by atoms with E-state index in [1.165, 1.54) is 0 Å². The Labute approximate surface area is 134 Å². The molecule has 108 valence electrons. The second-order valence-corrected chi connectivity index (χ2v) is 7.86. The smallest absolute Gasteiger partial charge is 0.272 e. The predicted molar refractivity (Wildman–Crippen MR) is 86.9 cm³/mol. The lowest BCUT2D eigenvalue weighted by atomic mass is 10.1. The van der Waals surface area contributed by atoms with Gasteiger partial charge in [-0.05, 0) is 45.6 Å². The van der Waals surface area contributed by atoms with E-state index >= 15 is 0 Å². The van der Waals surface area contributed by atoms with E-state index in [4.69, 9.17) is 0 Å². The highest BCUT2D eigenvalue weighted by molar-refractivity contribution is 9.10. The average Bonchev–Trinajstić information content (AvgIpc) is 3.09. The first kappa shape index (κ1) is 14.3. The molecular weight excluding hydrogens is 374 g/mol. The van der Waals surface area contributed by atoms with Gasteiger partial charge in [-0.15, -0.1) is 11.3 Å². The van der Waals surface area contributed by atoms with Crippen molar-refractivity contribution in [2.45, 2.75) is 4.21 Å². The van der Waals surface area contributed by atoms with Crippen LogP contribution in [0.25, 0.3) is 11.3 Å². The predicted octanol–water partition coefficient (Wildman–Crippen LogP) is 3.70. The van der Waals surface area contributed by atoms with Crippen molar-refractivity contribution < 1.29 is 8.42 Å². The Bertz CT molecular complexity index is 857. The molecule has 21 heavy (non-hydrogen) atoms. The average molecular weight is 384 g/mol. The number of anilines is 1. The van der Waals surface area contributed by atoms with Crippen LogP contribution in [0.2, 0.25) is 0 Å². The second-order valence-electron chi connectivity index (χ2n) is 4.21. The number of halogens is 1. The fourth-order valence-corrected chi connectivity index (χ4v) is 5.23. The summed E-state index contributed by atoms with van der Waals surface area (Å²) in [5.74, 6) is 0. The van der Waals surface area contributed by atoms with E-state index in [-0.39, 0.29) is 4.21 Å². The molecule has 8 heteroatoms. The molecule has 0 amide bonds. The van der Waals surface area contributed by atoms with E-state index in [1.807, 2.05) is 12.1 Å². The van der Waals surface area contributed by atoms with E-state index in [2.05, 4.69) is 30.8 Å². The van der Waals surface area contributed by atoms with Gasteiger partial charge < -0.3 is 0 Å². The van der Waals surface area contributed by atoms with E-state index < -0.39 is 10.0 Å². The largest absolute Gasteiger partial charge is 0.279 e. The third kappa shape index (κ3) is 3.02. The molecule has 0 aliphatic heterocycles. The standard InChI is InChI=1S/C13H10BrN3O2S2/c14-11-5-7-20-13(11)21(18,19)17-10-3-1-2-9(8-10)12-4-6-15-16-12/h1-8,17H,(H,15,16). The Kier molecular flexibility index (Phi) is 3.83. The molecule has 0 saturated carbocycles. The molecular formula is C13H10BrN3O2S2. The summed E-state index contributed by atoms with van der Waals surface area (Å²) in [6, 6.07) is 10.7. The van der Waals surface area contributed by atoms with Crippen LogP contribution in [0.5, 0.6) is 0 Å².